The molecule has 0 atom stereocenters. The topological polar surface area (TPSA) is 79.8 Å². The summed E-state index contributed by atoms with van der Waals surface area (Å²) in [5.74, 6) is 0.00433. The fourth-order valence-corrected chi connectivity index (χ4v) is 1.87. The number of aryl methyl sites for hydroxylation is 1. The Labute approximate surface area is 105 Å². The van der Waals surface area contributed by atoms with Crippen LogP contribution in [-0.4, -0.2) is 20.7 Å². The number of carbonyl (C=O) groups excluding carboxylic acids is 1. The van der Waals surface area contributed by atoms with Gasteiger partial charge >= 0.3 is 0 Å². The van der Waals surface area contributed by atoms with Gasteiger partial charge in [-0.15, -0.1) is 0 Å². The van der Waals surface area contributed by atoms with Gasteiger partial charge < -0.3 is 9.88 Å². The van der Waals surface area contributed by atoms with Crippen LogP contribution in [0.3, 0.4) is 0 Å². The van der Waals surface area contributed by atoms with Crippen molar-refractivity contribution >= 4 is 27.7 Å². The van der Waals surface area contributed by atoms with Gasteiger partial charge in [0.1, 0.15) is 5.69 Å². The Morgan fingerprint density at radius 1 is 1.53 bits per heavy atom. The van der Waals surface area contributed by atoms with Crippen LogP contribution in [0.5, 0.6) is 0 Å². The highest BCUT2D eigenvalue weighted by Gasteiger charge is 2.11. The van der Waals surface area contributed by atoms with Crippen molar-refractivity contribution in [2.24, 2.45) is 7.05 Å². The molecule has 7 heteroatoms. The molecule has 0 aliphatic heterocycles. The normalized spacial score (nSPS) is 10.2. The molecule has 2 heterocycles. The highest BCUT2D eigenvalue weighted by molar-refractivity contribution is 9.10. The molecule has 0 aromatic carbocycles. The maximum atomic E-state index is 11.8. The second kappa shape index (κ2) is 4.54. The lowest BCUT2D eigenvalue weighted by atomic mass is 10.4. The van der Waals surface area contributed by atoms with E-state index in [1.807, 2.05) is 0 Å². The van der Waals surface area contributed by atoms with E-state index < -0.39 is 0 Å². The summed E-state index contributed by atoms with van der Waals surface area (Å²) in [6.45, 7) is 0. The third-order valence-corrected chi connectivity index (χ3v) is 2.56. The number of amides is 1. The first-order chi connectivity index (χ1) is 8.06. The number of aromatic amines is 1. The van der Waals surface area contributed by atoms with E-state index >= 15 is 0 Å². The van der Waals surface area contributed by atoms with Gasteiger partial charge in [-0.2, -0.15) is 5.10 Å². The zero-order valence-electron chi connectivity index (χ0n) is 8.90. The van der Waals surface area contributed by atoms with Gasteiger partial charge in [0.25, 0.3) is 11.5 Å². The van der Waals surface area contributed by atoms with Gasteiger partial charge in [0.05, 0.1) is 0 Å². The lowest BCUT2D eigenvalue weighted by Crippen LogP contribution is -2.17. The zero-order chi connectivity index (χ0) is 12.4. The number of nitrogens with zero attached hydrogens (tertiary/aromatic N) is 2. The number of H-pyrrole nitrogens is 1. The summed E-state index contributed by atoms with van der Waals surface area (Å²) >= 11 is 3.28. The number of hydrogen-bond acceptors (Lipinski definition) is 3. The molecular weight excluding hydrogens is 288 g/mol. The lowest BCUT2D eigenvalue weighted by molar-refractivity contribution is 0.101. The molecule has 6 nitrogen and oxygen atoms in total. The first-order valence-corrected chi connectivity index (χ1v) is 5.54. The van der Waals surface area contributed by atoms with Crippen LogP contribution < -0.4 is 10.9 Å². The van der Waals surface area contributed by atoms with Crippen LogP contribution in [0.2, 0.25) is 0 Å². The van der Waals surface area contributed by atoms with Crippen LogP contribution >= 0.6 is 15.9 Å². The Balaban J connectivity index is 2.19. The Bertz CT molecular complexity index is 597. The van der Waals surface area contributed by atoms with Crippen LogP contribution in [0.4, 0.5) is 5.82 Å². The van der Waals surface area contributed by atoms with Gasteiger partial charge in [0.15, 0.2) is 5.82 Å². The molecule has 0 saturated heterocycles. The van der Waals surface area contributed by atoms with E-state index in [1.54, 1.807) is 23.9 Å². The number of aromatic nitrogens is 3. The molecule has 0 aliphatic carbocycles. The summed E-state index contributed by atoms with van der Waals surface area (Å²) in [5, 5.41) is 8.51. The summed E-state index contributed by atoms with van der Waals surface area (Å²) in [6.07, 6.45) is 1.77. The van der Waals surface area contributed by atoms with Crippen LogP contribution in [0.1, 0.15) is 10.5 Å². The monoisotopic (exact) mass is 296 g/mol. The van der Waals surface area contributed by atoms with Gasteiger partial charge in [-0.1, -0.05) is 0 Å². The van der Waals surface area contributed by atoms with Gasteiger partial charge in [-0.25, -0.2) is 5.10 Å². The quantitative estimate of drug-likeness (QED) is 0.872. The van der Waals surface area contributed by atoms with E-state index in [2.05, 4.69) is 31.4 Å². The lowest BCUT2D eigenvalue weighted by Gasteiger charge is -2.03. The minimum Gasteiger partial charge on any atom is -0.345 e. The standard InChI is InChI=1S/C10H9BrN4O2/c1-15-5-6(11)4-7(15)10(17)12-8-2-3-9(16)14-13-8/h2-5H,1H3,(H,14,16)(H,12,13,17). The van der Waals surface area contributed by atoms with E-state index in [-0.39, 0.29) is 11.5 Å². The number of anilines is 1. The van der Waals surface area contributed by atoms with Gasteiger partial charge in [0, 0.05) is 23.8 Å². The summed E-state index contributed by atoms with van der Waals surface area (Å²) in [7, 11) is 1.76. The molecule has 1 amide bonds. The molecule has 0 aliphatic rings. The van der Waals surface area contributed by atoms with Crippen molar-refractivity contribution in [1.29, 1.82) is 0 Å². The van der Waals surface area contributed by atoms with E-state index in [0.717, 1.165) is 4.47 Å². The van der Waals surface area contributed by atoms with Crippen molar-refractivity contribution in [3.8, 4) is 0 Å². The highest BCUT2D eigenvalue weighted by Crippen LogP contribution is 2.14. The Kier molecular flexibility index (Phi) is 3.10. The molecule has 2 aromatic heterocycles. The molecule has 2 N–H and O–H groups in total. The number of halogens is 1. The van der Waals surface area contributed by atoms with Crippen molar-refractivity contribution in [2.45, 2.75) is 0 Å². The molecule has 0 bridgehead atoms. The smallest absolute Gasteiger partial charge is 0.273 e. The molecule has 17 heavy (non-hydrogen) atoms. The summed E-state index contributed by atoms with van der Waals surface area (Å²) in [5.41, 5.74) is 0.175. The first kappa shape index (κ1) is 11.6. The molecule has 0 radical (unpaired) electrons. The summed E-state index contributed by atoms with van der Waals surface area (Å²) in [6, 6.07) is 4.43. The molecule has 0 unspecified atom stereocenters. The van der Waals surface area contributed by atoms with Crippen molar-refractivity contribution in [3.05, 3.63) is 44.9 Å². The molecular formula is C10H9BrN4O2. The van der Waals surface area contributed by atoms with E-state index in [9.17, 15) is 9.59 Å². The van der Waals surface area contributed by atoms with Crippen molar-refractivity contribution in [1.82, 2.24) is 14.8 Å². The summed E-state index contributed by atoms with van der Waals surface area (Å²) < 4.78 is 2.50. The second-order valence-electron chi connectivity index (χ2n) is 3.42. The molecule has 88 valence electrons. The number of rotatable bonds is 2. The number of nitrogens with one attached hydrogen (secondary N) is 2. The molecule has 2 rings (SSSR count). The Morgan fingerprint density at radius 3 is 2.82 bits per heavy atom. The van der Waals surface area contributed by atoms with Gasteiger partial charge in [-0.3, -0.25) is 9.59 Å². The van der Waals surface area contributed by atoms with E-state index in [0.29, 0.717) is 11.5 Å². The van der Waals surface area contributed by atoms with E-state index in [1.165, 1.54) is 12.1 Å². The fourth-order valence-electron chi connectivity index (χ4n) is 1.34. The molecule has 0 spiro atoms. The first-order valence-electron chi connectivity index (χ1n) is 4.75. The SMILES string of the molecule is Cn1cc(Br)cc1C(=O)Nc1ccc(=O)[nH]n1. The average Bonchev–Trinajstić information content (AvgIpc) is 2.61. The third-order valence-electron chi connectivity index (χ3n) is 2.12. The summed E-state index contributed by atoms with van der Waals surface area (Å²) in [4.78, 5) is 22.6. The van der Waals surface area contributed by atoms with Crippen LogP contribution in [0, 0.1) is 0 Å². The molecule has 0 fully saturated rings. The average molecular weight is 297 g/mol. The minimum atomic E-state index is -0.315. The predicted molar refractivity (Wildman–Crippen MR) is 65.9 cm³/mol. The number of carbonyl (C=O) groups is 1. The van der Waals surface area contributed by atoms with Gasteiger partial charge in [0.2, 0.25) is 0 Å². The predicted octanol–water partition coefficient (Wildman–Crippen LogP) is 1.12. The molecule has 2 aromatic rings. The van der Waals surface area contributed by atoms with Crippen molar-refractivity contribution < 1.29 is 4.79 Å². The third kappa shape index (κ3) is 2.62. The zero-order valence-corrected chi connectivity index (χ0v) is 10.5. The van der Waals surface area contributed by atoms with Crippen LogP contribution in [0.15, 0.2) is 33.7 Å². The Hall–Kier alpha value is -1.89. The van der Waals surface area contributed by atoms with E-state index in [4.69, 9.17) is 0 Å². The molecule has 0 saturated carbocycles. The highest BCUT2D eigenvalue weighted by atomic mass is 79.9. The largest absolute Gasteiger partial charge is 0.345 e. The van der Waals surface area contributed by atoms with Crippen LogP contribution in [-0.2, 0) is 7.05 Å². The fraction of sp³-hybridized carbons (Fsp3) is 0.100. The van der Waals surface area contributed by atoms with Crippen molar-refractivity contribution in [3.63, 3.8) is 0 Å². The maximum Gasteiger partial charge on any atom is 0.273 e. The maximum absolute atomic E-state index is 11.8. The minimum absolute atomic E-state index is 0.294. The number of hydrogen-bond donors (Lipinski definition) is 2. The van der Waals surface area contributed by atoms with Crippen LogP contribution in [0.25, 0.3) is 0 Å². The van der Waals surface area contributed by atoms with Crippen molar-refractivity contribution in [2.75, 3.05) is 5.32 Å². The van der Waals surface area contributed by atoms with Gasteiger partial charge in [-0.05, 0) is 28.1 Å². The second-order valence-corrected chi connectivity index (χ2v) is 4.33. The Morgan fingerprint density at radius 2 is 2.29 bits per heavy atom.